The van der Waals surface area contributed by atoms with Gasteiger partial charge in [0.05, 0.1) is 12.2 Å². The fourth-order valence-electron chi connectivity index (χ4n) is 0.802. The molecule has 0 bridgehead atoms. The number of aliphatic hydroxyl groups excluding tert-OH is 2. The van der Waals surface area contributed by atoms with Crippen molar-refractivity contribution in [3.63, 3.8) is 0 Å². The van der Waals surface area contributed by atoms with Gasteiger partial charge in [0.2, 0.25) is 0 Å². The summed E-state index contributed by atoms with van der Waals surface area (Å²) in [7, 11) is 0. The van der Waals surface area contributed by atoms with Crippen LogP contribution in [0.15, 0.2) is 0 Å². The van der Waals surface area contributed by atoms with E-state index in [4.69, 9.17) is 15.3 Å². The van der Waals surface area contributed by atoms with Crippen molar-refractivity contribution in [2.45, 2.75) is 38.4 Å². The Balaban J connectivity index is 3.37. The summed E-state index contributed by atoms with van der Waals surface area (Å²) in [5, 5.41) is 26.0. The number of carboxylic acids is 1. The Labute approximate surface area is 65.5 Å². The quantitative estimate of drug-likeness (QED) is 0.531. The van der Waals surface area contributed by atoms with E-state index in [1.165, 1.54) is 0 Å². The third-order valence-electron chi connectivity index (χ3n) is 1.30. The maximum atomic E-state index is 10.0. The minimum atomic E-state index is -0.922. The molecular formula is C7H14O4. The van der Waals surface area contributed by atoms with Gasteiger partial charge in [0.1, 0.15) is 0 Å². The first kappa shape index (κ1) is 10.4. The van der Waals surface area contributed by atoms with Gasteiger partial charge < -0.3 is 15.3 Å². The third-order valence-corrected chi connectivity index (χ3v) is 1.30. The van der Waals surface area contributed by atoms with E-state index < -0.39 is 18.2 Å². The normalized spacial score (nSPS) is 15.9. The number of hydrogen-bond acceptors (Lipinski definition) is 3. The van der Waals surface area contributed by atoms with Crippen LogP contribution >= 0.6 is 0 Å². The maximum absolute atomic E-state index is 10.0. The molecule has 4 heteroatoms. The van der Waals surface area contributed by atoms with E-state index in [1.54, 1.807) is 6.92 Å². The van der Waals surface area contributed by atoms with Crippen molar-refractivity contribution in [2.24, 2.45) is 0 Å². The van der Waals surface area contributed by atoms with Crippen LogP contribution in [0, 0.1) is 0 Å². The van der Waals surface area contributed by atoms with Crippen molar-refractivity contribution in [1.29, 1.82) is 0 Å². The molecule has 0 rings (SSSR count). The van der Waals surface area contributed by atoms with Crippen molar-refractivity contribution in [3.8, 4) is 0 Å². The fraction of sp³-hybridized carbons (Fsp3) is 0.857. The van der Waals surface area contributed by atoms with Gasteiger partial charge in [-0.15, -0.1) is 0 Å². The van der Waals surface area contributed by atoms with Crippen molar-refractivity contribution in [1.82, 2.24) is 0 Å². The molecule has 66 valence electrons. The maximum Gasteiger partial charge on any atom is 0.303 e. The zero-order valence-corrected chi connectivity index (χ0v) is 6.53. The van der Waals surface area contributed by atoms with Crippen molar-refractivity contribution in [3.05, 3.63) is 0 Å². The van der Waals surface area contributed by atoms with Crippen molar-refractivity contribution in [2.75, 3.05) is 0 Å². The molecule has 0 heterocycles. The van der Waals surface area contributed by atoms with E-state index in [2.05, 4.69) is 0 Å². The monoisotopic (exact) mass is 162 g/mol. The summed E-state index contributed by atoms with van der Waals surface area (Å²) in [5.74, 6) is -0.922. The topological polar surface area (TPSA) is 77.8 Å². The highest BCUT2D eigenvalue weighted by molar-refractivity contribution is 5.66. The zero-order valence-electron chi connectivity index (χ0n) is 6.53. The van der Waals surface area contributed by atoms with Crippen LogP contribution in [-0.2, 0) is 4.79 Å². The van der Waals surface area contributed by atoms with Gasteiger partial charge in [0.15, 0.2) is 0 Å². The number of rotatable bonds is 5. The van der Waals surface area contributed by atoms with Gasteiger partial charge in [-0.1, -0.05) is 0 Å². The fourth-order valence-corrected chi connectivity index (χ4v) is 0.802. The van der Waals surface area contributed by atoms with E-state index in [-0.39, 0.29) is 19.3 Å². The molecule has 3 N–H and O–H groups in total. The van der Waals surface area contributed by atoms with Crippen LogP contribution < -0.4 is 0 Å². The van der Waals surface area contributed by atoms with Crippen LogP contribution in [0.25, 0.3) is 0 Å². The van der Waals surface area contributed by atoms with Crippen LogP contribution in [0.5, 0.6) is 0 Å². The van der Waals surface area contributed by atoms with Gasteiger partial charge in [-0.05, 0) is 19.8 Å². The molecule has 2 atom stereocenters. The molecule has 0 aliphatic carbocycles. The lowest BCUT2D eigenvalue weighted by molar-refractivity contribution is -0.137. The average Bonchev–Trinajstić information content (AvgIpc) is 1.82. The predicted octanol–water partition coefficient (Wildman–Crippen LogP) is -0.0170. The first-order chi connectivity index (χ1) is 5.02. The number of hydrogen-bond donors (Lipinski definition) is 3. The summed E-state index contributed by atoms with van der Waals surface area (Å²) in [6.45, 7) is 1.56. The van der Waals surface area contributed by atoms with Crippen LogP contribution in [0.3, 0.4) is 0 Å². The number of aliphatic carboxylic acids is 1. The molecule has 0 saturated heterocycles. The lowest BCUT2D eigenvalue weighted by Gasteiger charge is -2.10. The summed E-state index contributed by atoms with van der Waals surface area (Å²) in [4.78, 5) is 10.0. The summed E-state index contributed by atoms with van der Waals surface area (Å²) in [6.07, 6.45) is -0.869. The number of carboxylic acid groups (broad SMARTS) is 1. The van der Waals surface area contributed by atoms with E-state index >= 15 is 0 Å². The molecule has 0 aliphatic heterocycles. The van der Waals surface area contributed by atoms with E-state index in [1.807, 2.05) is 0 Å². The molecule has 4 nitrogen and oxygen atoms in total. The van der Waals surface area contributed by atoms with Gasteiger partial charge in [0, 0.05) is 6.42 Å². The minimum absolute atomic E-state index is 0.0477. The smallest absolute Gasteiger partial charge is 0.303 e. The van der Waals surface area contributed by atoms with Gasteiger partial charge >= 0.3 is 5.97 Å². The molecule has 0 spiro atoms. The van der Waals surface area contributed by atoms with Crippen LogP contribution in [-0.4, -0.2) is 33.5 Å². The lowest BCUT2D eigenvalue weighted by Crippen LogP contribution is -2.15. The molecule has 0 radical (unpaired) electrons. The second kappa shape index (κ2) is 5.09. The summed E-state index contributed by atoms with van der Waals surface area (Å²) >= 11 is 0. The average molecular weight is 162 g/mol. The van der Waals surface area contributed by atoms with Gasteiger partial charge in [0.25, 0.3) is 0 Å². The van der Waals surface area contributed by atoms with Crippen molar-refractivity contribution < 1.29 is 20.1 Å². The molecule has 0 saturated carbocycles. The molecule has 0 aromatic carbocycles. The molecule has 2 unspecified atom stereocenters. The molecule has 0 aliphatic rings. The van der Waals surface area contributed by atoms with E-state index in [9.17, 15) is 4.79 Å². The Kier molecular flexibility index (Phi) is 4.81. The van der Waals surface area contributed by atoms with Crippen LogP contribution in [0.2, 0.25) is 0 Å². The van der Waals surface area contributed by atoms with Crippen LogP contribution in [0.4, 0.5) is 0 Å². The molecule has 0 aromatic heterocycles. The van der Waals surface area contributed by atoms with Gasteiger partial charge in [-0.25, -0.2) is 0 Å². The summed E-state index contributed by atoms with van der Waals surface area (Å²) < 4.78 is 0. The third kappa shape index (κ3) is 7.29. The molecule has 0 aromatic rings. The van der Waals surface area contributed by atoms with Gasteiger partial charge in [-0.3, -0.25) is 4.79 Å². The number of carbonyl (C=O) groups is 1. The molecular weight excluding hydrogens is 148 g/mol. The predicted molar refractivity (Wildman–Crippen MR) is 39.2 cm³/mol. The van der Waals surface area contributed by atoms with Crippen molar-refractivity contribution >= 4 is 5.97 Å². The van der Waals surface area contributed by atoms with Gasteiger partial charge in [-0.2, -0.15) is 0 Å². The Morgan fingerprint density at radius 1 is 1.45 bits per heavy atom. The Bertz CT molecular complexity index is 122. The van der Waals surface area contributed by atoms with Crippen LogP contribution in [0.1, 0.15) is 26.2 Å². The number of aliphatic hydroxyl groups is 2. The SMILES string of the molecule is CC(O)CC(O)CCC(=O)O. The first-order valence-electron chi connectivity index (χ1n) is 3.60. The lowest BCUT2D eigenvalue weighted by atomic mass is 10.1. The largest absolute Gasteiger partial charge is 0.481 e. The highest BCUT2D eigenvalue weighted by Crippen LogP contribution is 2.04. The van der Waals surface area contributed by atoms with E-state index in [0.29, 0.717) is 0 Å². The first-order valence-corrected chi connectivity index (χ1v) is 3.60. The Hall–Kier alpha value is -0.610. The summed E-state index contributed by atoms with van der Waals surface area (Å²) in [5.41, 5.74) is 0. The molecule has 0 fully saturated rings. The summed E-state index contributed by atoms with van der Waals surface area (Å²) in [6, 6.07) is 0. The highest BCUT2D eigenvalue weighted by Gasteiger charge is 2.09. The Morgan fingerprint density at radius 3 is 2.36 bits per heavy atom. The Morgan fingerprint density at radius 2 is 2.00 bits per heavy atom. The molecule has 11 heavy (non-hydrogen) atoms. The minimum Gasteiger partial charge on any atom is -0.481 e. The highest BCUT2D eigenvalue weighted by atomic mass is 16.4. The van der Waals surface area contributed by atoms with E-state index in [0.717, 1.165) is 0 Å². The second-order valence-corrected chi connectivity index (χ2v) is 2.67. The standard InChI is InChI=1S/C7H14O4/c1-5(8)4-6(9)2-3-7(10)11/h5-6,8-9H,2-4H2,1H3,(H,10,11). The molecule has 0 amide bonds. The second-order valence-electron chi connectivity index (χ2n) is 2.67. The zero-order chi connectivity index (χ0) is 8.85.